The molecule has 0 aliphatic carbocycles. The lowest BCUT2D eigenvalue weighted by Gasteiger charge is -2.10. The number of nitrogens with one attached hydrogen (secondary N) is 1. The van der Waals surface area contributed by atoms with Gasteiger partial charge in [0.25, 0.3) is 0 Å². The Labute approximate surface area is 116 Å². The Morgan fingerprint density at radius 2 is 1.78 bits per heavy atom. The van der Waals surface area contributed by atoms with Crippen LogP contribution < -0.4 is 5.32 Å². The van der Waals surface area contributed by atoms with Crippen LogP contribution in [-0.4, -0.2) is 26.5 Å². The largest absolute Gasteiger partial charge is 0.382 e. The second-order valence-electron chi connectivity index (χ2n) is 3.82. The van der Waals surface area contributed by atoms with Crippen LogP contribution in [0.15, 0.2) is 12.1 Å². The SMILES string of the molecule is CCCS(=O)(=O)CCNc1c(Cl)cc(F)cc1Cl. The molecule has 0 saturated carbocycles. The van der Waals surface area contributed by atoms with E-state index < -0.39 is 15.7 Å². The summed E-state index contributed by atoms with van der Waals surface area (Å²) in [5.41, 5.74) is 0.353. The molecule has 0 spiro atoms. The third kappa shape index (κ3) is 4.63. The van der Waals surface area contributed by atoms with Gasteiger partial charge in [-0.1, -0.05) is 30.1 Å². The van der Waals surface area contributed by atoms with Crippen molar-refractivity contribution in [3.8, 4) is 0 Å². The van der Waals surface area contributed by atoms with Gasteiger partial charge in [0.05, 0.1) is 21.5 Å². The van der Waals surface area contributed by atoms with Gasteiger partial charge < -0.3 is 5.32 Å². The van der Waals surface area contributed by atoms with Crippen molar-refractivity contribution in [3.05, 3.63) is 28.0 Å². The van der Waals surface area contributed by atoms with E-state index in [1.807, 2.05) is 0 Å². The van der Waals surface area contributed by atoms with Gasteiger partial charge >= 0.3 is 0 Å². The van der Waals surface area contributed by atoms with E-state index in [0.29, 0.717) is 12.1 Å². The lowest BCUT2D eigenvalue weighted by atomic mass is 10.3. The predicted octanol–water partition coefficient (Wildman–Crippen LogP) is 3.37. The molecule has 0 heterocycles. The molecule has 0 unspecified atom stereocenters. The first-order chi connectivity index (χ1) is 8.35. The van der Waals surface area contributed by atoms with Crippen molar-refractivity contribution in [2.75, 3.05) is 23.4 Å². The summed E-state index contributed by atoms with van der Waals surface area (Å²) in [7, 11) is -3.06. The molecule has 1 N–H and O–H groups in total. The van der Waals surface area contributed by atoms with Gasteiger partial charge in [0.15, 0.2) is 9.84 Å². The molecule has 0 radical (unpaired) electrons. The van der Waals surface area contributed by atoms with Gasteiger partial charge in [-0.2, -0.15) is 0 Å². The highest BCUT2D eigenvalue weighted by Gasteiger charge is 2.11. The van der Waals surface area contributed by atoms with Crippen LogP contribution in [0.25, 0.3) is 0 Å². The highest BCUT2D eigenvalue weighted by Crippen LogP contribution is 2.31. The zero-order chi connectivity index (χ0) is 13.8. The summed E-state index contributed by atoms with van der Waals surface area (Å²) in [6.45, 7) is 1.99. The standard InChI is InChI=1S/C11H14Cl2FNO2S/c1-2-4-18(16,17)5-3-15-11-9(12)6-8(14)7-10(11)13/h6-7,15H,2-5H2,1H3. The fourth-order valence-electron chi connectivity index (χ4n) is 1.46. The number of anilines is 1. The van der Waals surface area contributed by atoms with Gasteiger partial charge in [0.2, 0.25) is 0 Å². The predicted molar refractivity (Wildman–Crippen MR) is 73.9 cm³/mol. The van der Waals surface area contributed by atoms with Crippen LogP contribution in [0, 0.1) is 5.82 Å². The summed E-state index contributed by atoms with van der Waals surface area (Å²) >= 11 is 11.6. The number of halogens is 3. The monoisotopic (exact) mass is 313 g/mol. The van der Waals surface area contributed by atoms with E-state index in [4.69, 9.17) is 23.2 Å². The van der Waals surface area contributed by atoms with E-state index in [0.717, 1.165) is 12.1 Å². The van der Waals surface area contributed by atoms with E-state index in [2.05, 4.69) is 5.32 Å². The van der Waals surface area contributed by atoms with Crippen molar-refractivity contribution in [1.82, 2.24) is 0 Å². The van der Waals surface area contributed by atoms with Gasteiger partial charge in [-0.25, -0.2) is 12.8 Å². The van der Waals surface area contributed by atoms with Crippen molar-refractivity contribution < 1.29 is 12.8 Å². The van der Waals surface area contributed by atoms with E-state index in [1.54, 1.807) is 6.92 Å². The molecule has 3 nitrogen and oxygen atoms in total. The van der Waals surface area contributed by atoms with Gasteiger partial charge in [0, 0.05) is 12.3 Å². The number of hydrogen-bond donors (Lipinski definition) is 1. The van der Waals surface area contributed by atoms with Crippen molar-refractivity contribution in [2.45, 2.75) is 13.3 Å². The van der Waals surface area contributed by atoms with Gasteiger partial charge in [0.1, 0.15) is 5.82 Å². The van der Waals surface area contributed by atoms with Crippen LogP contribution >= 0.6 is 23.2 Å². The molecule has 1 aromatic carbocycles. The molecule has 0 aliphatic rings. The normalized spacial score (nSPS) is 11.6. The third-order valence-corrected chi connectivity index (χ3v) is 4.69. The topological polar surface area (TPSA) is 46.2 Å². The van der Waals surface area contributed by atoms with E-state index in [1.165, 1.54) is 0 Å². The summed E-state index contributed by atoms with van der Waals surface area (Å²) in [5.74, 6) is -0.390. The van der Waals surface area contributed by atoms with Crippen LogP contribution in [-0.2, 0) is 9.84 Å². The molecular weight excluding hydrogens is 300 g/mol. The Balaban J connectivity index is 2.65. The molecule has 7 heteroatoms. The zero-order valence-electron chi connectivity index (χ0n) is 9.84. The molecule has 102 valence electrons. The average Bonchev–Trinajstić information content (AvgIpc) is 2.21. The molecule has 1 rings (SSSR count). The molecule has 1 aromatic rings. The summed E-state index contributed by atoms with van der Waals surface area (Å²) in [6.07, 6.45) is 0.584. The van der Waals surface area contributed by atoms with Crippen molar-refractivity contribution >= 4 is 38.7 Å². The second-order valence-corrected chi connectivity index (χ2v) is 6.94. The first-order valence-electron chi connectivity index (χ1n) is 5.44. The highest BCUT2D eigenvalue weighted by molar-refractivity contribution is 7.91. The summed E-state index contributed by atoms with van der Waals surface area (Å²) < 4.78 is 35.9. The van der Waals surface area contributed by atoms with Gasteiger partial charge in [-0.15, -0.1) is 0 Å². The van der Waals surface area contributed by atoms with Gasteiger partial charge in [-0.05, 0) is 18.6 Å². The molecule has 0 aromatic heterocycles. The number of sulfone groups is 1. The van der Waals surface area contributed by atoms with Crippen molar-refractivity contribution in [2.24, 2.45) is 0 Å². The Kier molecular flexibility index (Phi) is 5.69. The average molecular weight is 314 g/mol. The van der Waals surface area contributed by atoms with E-state index in [9.17, 15) is 12.8 Å². The lowest BCUT2D eigenvalue weighted by Crippen LogP contribution is -2.18. The maximum atomic E-state index is 12.9. The minimum Gasteiger partial charge on any atom is -0.382 e. The quantitative estimate of drug-likeness (QED) is 0.876. The Morgan fingerprint density at radius 3 is 2.28 bits per heavy atom. The molecule has 0 atom stereocenters. The van der Waals surface area contributed by atoms with Gasteiger partial charge in [-0.3, -0.25) is 0 Å². The molecule has 0 saturated heterocycles. The zero-order valence-corrected chi connectivity index (χ0v) is 12.2. The molecule has 0 bridgehead atoms. The number of rotatable bonds is 6. The first kappa shape index (κ1) is 15.5. The molecule has 0 fully saturated rings. The van der Waals surface area contributed by atoms with Crippen molar-refractivity contribution in [1.29, 1.82) is 0 Å². The Hall–Kier alpha value is -0.520. The highest BCUT2D eigenvalue weighted by atomic mass is 35.5. The fraction of sp³-hybridized carbons (Fsp3) is 0.455. The van der Waals surface area contributed by atoms with Crippen LogP contribution in [0.2, 0.25) is 10.0 Å². The minimum atomic E-state index is -3.06. The van der Waals surface area contributed by atoms with Crippen LogP contribution in [0.5, 0.6) is 0 Å². The summed E-state index contributed by atoms with van der Waals surface area (Å²) in [5, 5.41) is 3.08. The molecule has 0 amide bonds. The number of hydrogen-bond acceptors (Lipinski definition) is 3. The van der Waals surface area contributed by atoms with E-state index in [-0.39, 0.29) is 28.1 Å². The van der Waals surface area contributed by atoms with Crippen LogP contribution in [0.3, 0.4) is 0 Å². The smallest absolute Gasteiger partial charge is 0.152 e. The maximum Gasteiger partial charge on any atom is 0.152 e. The first-order valence-corrected chi connectivity index (χ1v) is 8.02. The Morgan fingerprint density at radius 1 is 1.22 bits per heavy atom. The lowest BCUT2D eigenvalue weighted by molar-refractivity contribution is 0.595. The molecule has 0 aliphatic heterocycles. The van der Waals surface area contributed by atoms with Crippen LogP contribution in [0.1, 0.15) is 13.3 Å². The maximum absolute atomic E-state index is 12.9. The third-order valence-electron chi connectivity index (χ3n) is 2.24. The van der Waals surface area contributed by atoms with Crippen molar-refractivity contribution in [3.63, 3.8) is 0 Å². The summed E-state index contributed by atoms with van der Waals surface area (Å²) in [6, 6.07) is 2.24. The van der Waals surface area contributed by atoms with E-state index >= 15 is 0 Å². The number of benzene rings is 1. The minimum absolute atomic E-state index is 0.00905. The second kappa shape index (κ2) is 6.59. The Bertz CT molecular complexity index is 497. The van der Waals surface area contributed by atoms with Crippen LogP contribution in [0.4, 0.5) is 10.1 Å². The molecule has 18 heavy (non-hydrogen) atoms. The summed E-state index contributed by atoms with van der Waals surface area (Å²) in [4.78, 5) is 0. The molecular formula is C11H14Cl2FNO2S. The fourth-order valence-corrected chi connectivity index (χ4v) is 3.29.